The molecule has 0 unspecified atom stereocenters. The van der Waals surface area contributed by atoms with E-state index in [0.717, 1.165) is 30.4 Å². The molecule has 3 heteroatoms. The summed E-state index contributed by atoms with van der Waals surface area (Å²) in [4.78, 5) is 2.40. The average molecular weight is 234 g/mol. The molecule has 2 N–H and O–H groups in total. The predicted molar refractivity (Wildman–Crippen MR) is 72.6 cm³/mol. The molecule has 0 aromatic heterocycles. The standard InChI is InChI=1S/C14H22N2O/c1-3-17-14-9-12(15)8-13(10-14)16-6-4-11(2)5-7-16/h8-11H,3-7,15H2,1-2H3. The normalized spacial score (nSPS) is 17.2. The molecule has 0 radical (unpaired) electrons. The number of rotatable bonds is 3. The Morgan fingerprint density at radius 1 is 1.29 bits per heavy atom. The zero-order valence-electron chi connectivity index (χ0n) is 10.8. The van der Waals surface area contributed by atoms with Crippen LogP contribution < -0.4 is 15.4 Å². The molecule has 17 heavy (non-hydrogen) atoms. The van der Waals surface area contributed by atoms with Crippen molar-refractivity contribution in [3.63, 3.8) is 0 Å². The van der Waals surface area contributed by atoms with Crippen molar-refractivity contribution in [3.8, 4) is 5.75 Å². The predicted octanol–water partition coefficient (Wildman–Crippen LogP) is 2.90. The molecule has 1 aliphatic rings. The zero-order valence-corrected chi connectivity index (χ0v) is 10.8. The van der Waals surface area contributed by atoms with Gasteiger partial charge in [-0.25, -0.2) is 0 Å². The van der Waals surface area contributed by atoms with Crippen LogP contribution in [0.15, 0.2) is 18.2 Å². The smallest absolute Gasteiger partial charge is 0.123 e. The van der Waals surface area contributed by atoms with Crippen LogP contribution in [0.4, 0.5) is 11.4 Å². The van der Waals surface area contributed by atoms with Crippen molar-refractivity contribution in [2.75, 3.05) is 30.3 Å². The summed E-state index contributed by atoms with van der Waals surface area (Å²) in [6.45, 7) is 7.24. The van der Waals surface area contributed by atoms with E-state index >= 15 is 0 Å². The fraction of sp³-hybridized carbons (Fsp3) is 0.571. The quantitative estimate of drug-likeness (QED) is 0.817. The fourth-order valence-corrected chi connectivity index (χ4v) is 2.31. The van der Waals surface area contributed by atoms with Crippen LogP contribution in [-0.2, 0) is 0 Å². The molecule has 1 heterocycles. The van der Waals surface area contributed by atoms with Crippen LogP contribution in [0.5, 0.6) is 5.75 Å². The van der Waals surface area contributed by atoms with E-state index < -0.39 is 0 Å². The Hall–Kier alpha value is -1.38. The molecular weight excluding hydrogens is 212 g/mol. The average Bonchev–Trinajstić information content (AvgIpc) is 2.29. The zero-order chi connectivity index (χ0) is 12.3. The van der Waals surface area contributed by atoms with E-state index in [1.54, 1.807) is 0 Å². The van der Waals surface area contributed by atoms with E-state index in [1.165, 1.54) is 18.5 Å². The second-order valence-electron chi connectivity index (χ2n) is 4.86. The van der Waals surface area contributed by atoms with Gasteiger partial charge in [0, 0.05) is 36.6 Å². The monoisotopic (exact) mass is 234 g/mol. The van der Waals surface area contributed by atoms with Crippen LogP contribution in [-0.4, -0.2) is 19.7 Å². The second-order valence-corrected chi connectivity index (χ2v) is 4.86. The van der Waals surface area contributed by atoms with E-state index in [9.17, 15) is 0 Å². The molecule has 94 valence electrons. The number of nitrogens with two attached hydrogens (primary N) is 1. The van der Waals surface area contributed by atoms with E-state index in [0.29, 0.717) is 6.61 Å². The van der Waals surface area contributed by atoms with Crippen molar-refractivity contribution in [2.24, 2.45) is 5.92 Å². The molecule has 0 aliphatic carbocycles. The van der Waals surface area contributed by atoms with Crippen molar-refractivity contribution in [1.82, 2.24) is 0 Å². The molecule has 2 rings (SSSR count). The molecule has 1 aromatic rings. The number of hydrogen-bond donors (Lipinski definition) is 1. The summed E-state index contributed by atoms with van der Waals surface area (Å²) >= 11 is 0. The van der Waals surface area contributed by atoms with E-state index in [2.05, 4.69) is 17.9 Å². The number of anilines is 2. The Morgan fingerprint density at radius 3 is 2.65 bits per heavy atom. The lowest BCUT2D eigenvalue weighted by Gasteiger charge is -2.32. The van der Waals surface area contributed by atoms with Gasteiger partial charge in [0.1, 0.15) is 5.75 Å². The lowest BCUT2D eigenvalue weighted by atomic mass is 9.99. The van der Waals surface area contributed by atoms with Gasteiger partial charge in [-0.15, -0.1) is 0 Å². The summed E-state index contributed by atoms with van der Waals surface area (Å²) in [6, 6.07) is 6.02. The summed E-state index contributed by atoms with van der Waals surface area (Å²) in [6.07, 6.45) is 2.53. The van der Waals surface area contributed by atoms with E-state index in [4.69, 9.17) is 10.5 Å². The van der Waals surface area contributed by atoms with Gasteiger partial charge >= 0.3 is 0 Å². The molecule has 1 saturated heterocycles. The van der Waals surface area contributed by atoms with Crippen LogP contribution in [0, 0.1) is 5.92 Å². The molecular formula is C14H22N2O. The first-order valence-electron chi connectivity index (χ1n) is 6.47. The van der Waals surface area contributed by atoms with Gasteiger partial charge in [0.15, 0.2) is 0 Å². The molecule has 0 spiro atoms. The Morgan fingerprint density at radius 2 is 2.00 bits per heavy atom. The van der Waals surface area contributed by atoms with Crippen molar-refractivity contribution in [1.29, 1.82) is 0 Å². The number of piperidine rings is 1. The SMILES string of the molecule is CCOc1cc(N)cc(N2CCC(C)CC2)c1. The summed E-state index contributed by atoms with van der Waals surface area (Å²) in [5, 5.41) is 0. The molecule has 1 fully saturated rings. The van der Waals surface area contributed by atoms with Crippen molar-refractivity contribution in [2.45, 2.75) is 26.7 Å². The highest BCUT2D eigenvalue weighted by Crippen LogP contribution is 2.28. The number of nitrogen functional groups attached to an aromatic ring is 1. The van der Waals surface area contributed by atoms with Gasteiger partial charge in [0.2, 0.25) is 0 Å². The molecule has 0 saturated carbocycles. The Kier molecular flexibility index (Phi) is 3.77. The van der Waals surface area contributed by atoms with Crippen LogP contribution in [0.1, 0.15) is 26.7 Å². The van der Waals surface area contributed by atoms with Crippen LogP contribution in [0.3, 0.4) is 0 Å². The third-order valence-electron chi connectivity index (χ3n) is 3.37. The minimum absolute atomic E-state index is 0.680. The Labute approximate surface area is 104 Å². The summed E-state index contributed by atoms with van der Waals surface area (Å²) < 4.78 is 5.53. The number of hydrogen-bond acceptors (Lipinski definition) is 3. The van der Waals surface area contributed by atoms with Gasteiger partial charge in [0.25, 0.3) is 0 Å². The number of nitrogens with zero attached hydrogens (tertiary/aromatic N) is 1. The van der Waals surface area contributed by atoms with Gasteiger partial charge in [-0.2, -0.15) is 0 Å². The summed E-state index contributed by atoms with van der Waals surface area (Å²) in [5.74, 6) is 1.72. The first kappa shape index (κ1) is 12.1. The maximum absolute atomic E-state index is 5.92. The Balaban J connectivity index is 2.14. The summed E-state index contributed by atoms with van der Waals surface area (Å²) in [5.41, 5.74) is 7.89. The van der Waals surface area contributed by atoms with Crippen molar-refractivity contribution < 1.29 is 4.74 Å². The third kappa shape index (κ3) is 3.05. The number of ether oxygens (including phenoxy) is 1. The highest BCUT2D eigenvalue weighted by atomic mass is 16.5. The first-order valence-corrected chi connectivity index (χ1v) is 6.47. The topological polar surface area (TPSA) is 38.5 Å². The lowest BCUT2D eigenvalue weighted by Crippen LogP contribution is -2.32. The maximum atomic E-state index is 5.92. The van der Waals surface area contributed by atoms with Crippen molar-refractivity contribution >= 4 is 11.4 Å². The third-order valence-corrected chi connectivity index (χ3v) is 3.37. The second kappa shape index (κ2) is 5.30. The minimum Gasteiger partial charge on any atom is -0.494 e. The van der Waals surface area contributed by atoms with Gasteiger partial charge in [-0.1, -0.05) is 6.92 Å². The van der Waals surface area contributed by atoms with Crippen LogP contribution in [0.2, 0.25) is 0 Å². The first-order chi connectivity index (χ1) is 8.19. The highest BCUT2D eigenvalue weighted by molar-refractivity contribution is 5.60. The van der Waals surface area contributed by atoms with Gasteiger partial charge in [-0.05, 0) is 31.7 Å². The highest BCUT2D eigenvalue weighted by Gasteiger charge is 2.16. The van der Waals surface area contributed by atoms with E-state index in [1.807, 2.05) is 19.1 Å². The lowest BCUT2D eigenvalue weighted by molar-refractivity contribution is 0.340. The molecule has 1 aromatic carbocycles. The van der Waals surface area contributed by atoms with Crippen molar-refractivity contribution in [3.05, 3.63) is 18.2 Å². The fourth-order valence-electron chi connectivity index (χ4n) is 2.31. The molecule has 0 amide bonds. The molecule has 0 atom stereocenters. The van der Waals surface area contributed by atoms with E-state index in [-0.39, 0.29) is 0 Å². The minimum atomic E-state index is 0.680. The Bertz CT molecular complexity index is 370. The van der Waals surface area contributed by atoms with Gasteiger partial charge in [-0.3, -0.25) is 0 Å². The molecule has 3 nitrogen and oxygen atoms in total. The van der Waals surface area contributed by atoms with Crippen LogP contribution >= 0.6 is 0 Å². The van der Waals surface area contributed by atoms with Gasteiger partial charge in [0.05, 0.1) is 6.61 Å². The number of benzene rings is 1. The maximum Gasteiger partial charge on any atom is 0.123 e. The largest absolute Gasteiger partial charge is 0.494 e. The van der Waals surface area contributed by atoms with Crippen LogP contribution in [0.25, 0.3) is 0 Å². The molecule has 1 aliphatic heterocycles. The molecule has 0 bridgehead atoms. The van der Waals surface area contributed by atoms with Gasteiger partial charge < -0.3 is 15.4 Å². The summed E-state index contributed by atoms with van der Waals surface area (Å²) in [7, 11) is 0.